The maximum absolute atomic E-state index is 12.7. The Morgan fingerprint density at radius 1 is 1.00 bits per heavy atom. The predicted octanol–water partition coefficient (Wildman–Crippen LogP) is 3.58. The number of ether oxygens (including phenoxy) is 2. The third-order valence-electron chi connectivity index (χ3n) is 3.56. The summed E-state index contributed by atoms with van der Waals surface area (Å²) in [6.45, 7) is 0.234. The van der Waals surface area contributed by atoms with E-state index in [2.05, 4.69) is 5.32 Å². The Morgan fingerprint density at radius 2 is 1.72 bits per heavy atom. The summed E-state index contributed by atoms with van der Waals surface area (Å²) in [5.74, 6) is 0.739. The Kier molecular flexibility index (Phi) is 5.90. The van der Waals surface area contributed by atoms with Crippen molar-refractivity contribution in [2.75, 3.05) is 14.2 Å². The summed E-state index contributed by atoms with van der Waals surface area (Å²) >= 11 is 0. The van der Waals surface area contributed by atoms with Crippen molar-refractivity contribution >= 4 is 5.91 Å². The van der Waals surface area contributed by atoms with E-state index in [0.717, 1.165) is 17.7 Å². The first-order valence-corrected chi connectivity index (χ1v) is 7.47. The average Bonchev–Trinajstić information content (AvgIpc) is 2.59. The highest BCUT2D eigenvalue weighted by Crippen LogP contribution is 2.30. The van der Waals surface area contributed by atoms with Crippen LogP contribution in [0.1, 0.15) is 16.7 Å². The Labute approximate surface area is 143 Å². The lowest BCUT2D eigenvalue weighted by Gasteiger charge is -2.11. The van der Waals surface area contributed by atoms with Crippen molar-refractivity contribution in [3.63, 3.8) is 0 Å². The Balaban J connectivity index is 1.97. The number of hydrogen-bond acceptors (Lipinski definition) is 3. The molecule has 0 unspecified atom stereocenters. The van der Waals surface area contributed by atoms with Gasteiger partial charge in [-0.3, -0.25) is 4.79 Å². The van der Waals surface area contributed by atoms with Gasteiger partial charge in [-0.15, -0.1) is 0 Å². The molecular weight excluding hydrogens is 335 g/mol. The molecule has 0 spiro atoms. The topological polar surface area (TPSA) is 47.6 Å². The molecule has 0 saturated heterocycles. The van der Waals surface area contributed by atoms with Gasteiger partial charge >= 0.3 is 6.18 Å². The summed E-state index contributed by atoms with van der Waals surface area (Å²) in [7, 11) is 3.03. The number of nitrogens with one attached hydrogen (secondary N) is 1. The molecule has 0 aliphatic rings. The fourth-order valence-corrected chi connectivity index (χ4v) is 2.30. The number of carbonyl (C=O) groups excluding carboxylic acids is 1. The van der Waals surface area contributed by atoms with Crippen LogP contribution in [0.5, 0.6) is 11.5 Å². The molecule has 7 heteroatoms. The summed E-state index contributed by atoms with van der Waals surface area (Å²) in [5.41, 5.74) is 0.326. The van der Waals surface area contributed by atoms with E-state index >= 15 is 0 Å². The number of carbonyl (C=O) groups is 1. The average molecular weight is 353 g/mol. The van der Waals surface area contributed by atoms with Gasteiger partial charge in [-0.2, -0.15) is 13.2 Å². The Morgan fingerprint density at radius 3 is 2.36 bits per heavy atom. The monoisotopic (exact) mass is 353 g/mol. The first kappa shape index (κ1) is 18.6. The van der Waals surface area contributed by atoms with Crippen LogP contribution in [0, 0.1) is 0 Å². The number of halogens is 3. The number of amides is 1. The van der Waals surface area contributed by atoms with E-state index in [9.17, 15) is 18.0 Å². The van der Waals surface area contributed by atoms with Crippen molar-refractivity contribution < 1.29 is 27.4 Å². The summed E-state index contributed by atoms with van der Waals surface area (Å²) in [4.78, 5) is 12.0. The van der Waals surface area contributed by atoms with E-state index in [1.807, 2.05) is 0 Å². The van der Waals surface area contributed by atoms with E-state index in [-0.39, 0.29) is 18.9 Å². The lowest BCUT2D eigenvalue weighted by Crippen LogP contribution is -2.24. The molecule has 0 heterocycles. The van der Waals surface area contributed by atoms with Gasteiger partial charge in [-0.05, 0) is 29.3 Å². The first-order valence-electron chi connectivity index (χ1n) is 7.47. The molecule has 0 saturated carbocycles. The molecule has 134 valence electrons. The molecule has 0 atom stereocenters. The van der Waals surface area contributed by atoms with E-state index < -0.39 is 11.7 Å². The molecule has 0 radical (unpaired) electrons. The summed E-state index contributed by atoms with van der Waals surface area (Å²) in [5, 5.41) is 2.68. The molecule has 0 bridgehead atoms. The number of hydrogen-bond donors (Lipinski definition) is 1. The van der Waals surface area contributed by atoms with Gasteiger partial charge in [0.25, 0.3) is 0 Å². The maximum atomic E-state index is 12.7. The summed E-state index contributed by atoms with van der Waals surface area (Å²) in [6.07, 6.45) is -4.55. The highest BCUT2D eigenvalue weighted by molar-refractivity contribution is 5.78. The number of alkyl halides is 3. The fourth-order valence-electron chi connectivity index (χ4n) is 2.30. The molecule has 1 N–H and O–H groups in total. The lowest BCUT2D eigenvalue weighted by atomic mass is 10.1. The van der Waals surface area contributed by atoms with Crippen LogP contribution in [0.3, 0.4) is 0 Å². The van der Waals surface area contributed by atoms with Crippen LogP contribution in [0.15, 0.2) is 42.5 Å². The van der Waals surface area contributed by atoms with Crippen molar-refractivity contribution in [1.82, 2.24) is 5.32 Å². The molecule has 2 aromatic rings. The van der Waals surface area contributed by atoms with Gasteiger partial charge in [0.05, 0.1) is 26.2 Å². The first-order chi connectivity index (χ1) is 11.8. The zero-order chi connectivity index (χ0) is 18.4. The fraction of sp³-hybridized carbons (Fsp3) is 0.278. The van der Waals surface area contributed by atoms with Gasteiger partial charge in [-0.1, -0.05) is 24.3 Å². The molecule has 0 aliphatic heterocycles. The van der Waals surface area contributed by atoms with Gasteiger partial charge in [0, 0.05) is 6.54 Å². The van der Waals surface area contributed by atoms with E-state index in [1.54, 1.807) is 18.2 Å². The van der Waals surface area contributed by atoms with Crippen LogP contribution in [0.2, 0.25) is 0 Å². The molecule has 0 fully saturated rings. The molecule has 0 aromatic heterocycles. The minimum Gasteiger partial charge on any atom is -0.493 e. The molecule has 1 amide bonds. The second-order valence-corrected chi connectivity index (χ2v) is 5.34. The van der Waals surface area contributed by atoms with Gasteiger partial charge < -0.3 is 14.8 Å². The third kappa shape index (κ3) is 5.14. The lowest BCUT2D eigenvalue weighted by molar-refractivity contribution is -0.137. The summed E-state index contributed by atoms with van der Waals surface area (Å²) in [6, 6.07) is 9.95. The molecule has 2 rings (SSSR count). The van der Waals surface area contributed by atoms with E-state index in [4.69, 9.17) is 9.47 Å². The highest BCUT2D eigenvalue weighted by Gasteiger charge is 2.30. The SMILES string of the molecule is COc1ccc(CNC(=O)Cc2cccc(C(F)(F)F)c2)cc1OC. The molecule has 25 heavy (non-hydrogen) atoms. The van der Waals surface area contributed by atoms with Crippen LogP contribution in [-0.4, -0.2) is 20.1 Å². The largest absolute Gasteiger partial charge is 0.493 e. The maximum Gasteiger partial charge on any atom is 0.416 e. The smallest absolute Gasteiger partial charge is 0.416 e. The molecule has 4 nitrogen and oxygen atoms in total. The van der Waals surface area contributed by atoms with Gasteiger partial charge in [0.1, 0.15) is 0 Å². The van der Waals surface area contributed by atoms with Gasteiger partial charge in [-0.25, -0.2) is 0 Å². The minimum absolute atomic E-state index is 0.128. The van der Waals surface area contributed by atoms with Crippen molar-refractivity contribution in [2.45, 2.75) is 19.1 Å². The Hall–Kier alpha value is -2.70. The summed E-state index contributed by atoms with van der Waals surface area (Å²) < 4.78 is 48.4. The quantitative estimate of drug-likeness (QED) is 0.864. The third-order valence-corrected chi connectivity index (χ3v) is 3.56. The van der Waals surface area contributed by atoms with Crippen molar-refractivity contribution in [1.29, 1.82) is 0 Å². The number of benzene rings is 2. The zero-order valence-corrected chi connectivity index (χ0v) is 13.8. The standard InChI is InChI=1S/C18H18F3NO3/c1-24-15-7-6-13(9-16(15)25-2)11-22-17(23)10-12-4-3-5-14(8-12)18(19,20)21/h3-9H,10-11H2,1-2H3,(H,22,23). The van der Waals surface area contributed by atoms with Crippen LogP contribution < -0.4 is 14.8 Å². The number of rotatable bonds is 6. The second kappa shape index (κ2) is 7.92. The van der Waals surface area contributed by atoms with Crippen molar-refractivity contribution in [2.24, 2.45) is 0 Å². The van der Waals surface area contributed by atoms with E-state index in [0.29, 0.717) is 17.1 Å². The van der Waals surface area contributed by atoms with Crippen LogP contribution >= 0.6 is 0 Å². The van der Waals surface area contributed by atoms with Crippen molar-refractivity contribution in [3.05, 3.63) is 59.2 Å². The van der Waals surface area contributed by atoms with E-state index in [1.165, 1.54) is 26.4 Å². The number of methoxy groups -OCH3 is 2. The second-order valence-electron chi connectivity index (χ2n) is 5.34. The van der Waals surface area contributed by atoms with Crippen LogP contribution in [-0.2, 0) is 23.9 Å². The molecule has 0 aliphatic carbocycles. The highest BCUT2D eigenvalue weighted by atomic mass is 19.4. The van der Waals surface area contributed by atoms with Crippen LogP contribution in [0.4, 0.5) is 13.2 Å². The van der Waals surface area contributed by atoms with Crippen molar-refractivity contribution in [3.8, 4) is 11.5 Å². The van der Waals surface area contributed by atoms with Crippen LogP contribution in [0.25, 0.3) is 0 Å². The molecule has 2 aromatic carbocycles. The Bertz CT molecular complexity index is 745. The van der Waals surface area contributed by atoms with Gasteiger partial charge in [0.15, 0.2) is 11.5 Å². The minimum atomic E-state index is -4.42. The van der Waals surface area contributed by atoms with Gasteiger partial charge in [0.2, 0.25) is 5.91 Å². The molecular formula is C18H18F3NO3. The zero-order valence-electron chi connectivity index (χ0n) is 13.8. The normalized spacial score (nSPS) is 11.1. The predicted molar refractivity (Wildman–Crippen MR) is 86.5 cm³/mol.